The van der Waals surface area contributed by atoms with E-state index >= 15 is 0 Å². The van der Waals surface area contributed by atoms with Crippen LogP contribution in [0.15, 0.2) is 23.4 Å². The van der Waals surface area contributed by atoms with Gasteiger partial charge in [0.25, 0.3) is 10.1 Å². The molecule has 3 fully saturated rings. The van der Waals surface area contributed by atoms with E-state index in [1.165, 1.54) is 37.7 Å². The minimum Gasteiger partial charge on any atom is -0.250 e. The Morgan fingerprint density at radius 1 is 1.15 bits per heavy atom. The molecule has 4 rings (SSSR count). The van der Waals surface area contributed by atoms with Gasteiger partial charge in [-0.25, -0.2) is 5.48 Å². The van der Waals surface area contributed by atoms with E-state index in [0.717, 1.165) is 48.5 Å². The molecule has 0 radical (unpaired) electrons. The van der Waals surface area contributed by atoms with Crippen molar-refractivity contribution in [1.29, 1.82) is 0 Å². The maximum absolute atomic E-state index is 11.2. The van der Waals surface area contributed by atoms with Crippen LogP contribution in [0.25, 0.3) is 0 Å². The second-order valence-corrected chi connectivity index (χ2v) is 11.4. The van der Waals surface area contributed by atoms with Crippen molar-refractivity contribution in [2.45, 2.75) is 65.7 Å². The van der Waals surface area contributed by atoms with Crippen LogP contribution in [0.2, 0.25) is 0 Å². The van der Waals surface area contributed by atoms with Gasteiger partial charge in [0.1, 0.15) is 0 Å². The third-order valence-electron chi connectivity index (χ3n) is 8.60. The highest BCUT2D eigenvalue weighted by Crippen LogP contribution is 2.66. The summed E-state index contributed by atoms with van der Waals surface area (Å²) in [6, 6.07) is 0. The Kier molecular flexibility index (Phi) is 4.35. The molecule has 0 aromatic heterocycles. The zero-order chi connectivity index (χ0) is 18.7. The molecule has 4 nitrogen and oxygen atoms in total. The van der Waals surface area contributed by atoms with Gasteiger partial charge < -0.3 is 0 Å². The van der Waals surface area contributed by atoms with E-state index in [0.29, 0.717) is 5.41 Å². The Labute approximate surface area is 158 Å². The number of fused-ring (bicyclic) bond motifs is 5. The van der Waals surface area contributed by atoms with Crippen molar-refractivity contribution in [3.05, 3.63) is 23.4 Å². The fourth-order valence-corrected chi connectivity index (χ4v) is 7.12. The lowest BCUT2D eigenvalue weighted by molar-refractivity contribution is -0.0437. The van der Waals surface area contributed by atoms with Crippen LogP contribution in [0.1, 0.15) is 65.7 Å². The van der Waals surface area contributed by atoms with Gasteiger partial charge in [0.15, 0.2) is 0 Å². The number of nitrogens with one attached hydrogen (secondary N) is 1. The van der Waals surface area contributed by atoms with Crippen molar-refractivity contribution in [2.24, 2.45) is 34.5 Å². The number of hydrogen-bond donors (Lipinski definition) is 1. The second-order valence-electron chi connectivity index (χ2n) is 9.78. The van der Waals surface area contributed by atoms with Gasteiger partial charge in [-0.05, 0) is 85.5 Å². The van der Waals surface area contributed by atoms with E-state index in [9.17, 15) is 8.42 Å². The summed E-state index contributed by atoms with van der Waals surface area (Å²) in [7, 11) is -3.49. The second kappa shape index (κ2) is 6.10. The van der Waals surface area contributed by atoms with E-state index in [4.69, 9.17) is 4.28 Å². The Morgan fingerprint density at radius 2 is 1.92 bits per heavy atom. The standard InChI is InChI=1S/C21H33NO3S/c1-14-5-8-18-17-7-6-15-13-16(22-25-26(4,23)24)9-11-21(15,3)19(17)10-12-20(14,18)2/h9,13-14,17-19,22H,5-8,10-12H2,1-4H3/t14?,17-,18-,19+,20+,21-/m0/s1. The Bertz CT molecular complexity index is 755. The van der Waals surface area contributed by atoms with Crippen molar-refractivity contribution in [2.75, 3.05) is 6.26 Å². The molecule has 1 N–H and O–H groups in total. The molecule has 6 atom stereocenters. The van der Waals surface area contributed by atoms with Crippen LogP contribution in [0.3, 0.4) is 0 Å². The van der Waals surface area contributed by atoms with Gasteiger partial charge in [0.05, 0.1) is 12.0 Å². The first-order valence-corrected chi connectivity index (χ1v) is 12.0. The van der Waals surface area contributed by atoms with Crippen LogP contribution in [-0.4, -0.2) is 14.7 Å². The molecule has 26 heavy (non-hydrogen) atoms. The zero-order valence-corrected chi connectivity index (χ0v) is 17.4. The van der Waals surface area contributed by atoms with Crippen molar-refractivity contribution in [3.8, 4) is 0 Å². The maximum Gasteiger partial charge on any atom is 0.284 e. The molecule has 4 aliphatic carbocycles. The van der Waals surface area contributed by atoms with Crippen LogP contribution in [0.5, 0.6) is 0 Å². The van der Waals surface area contributed by atoms with E-state index in [1.807, 2.05) is 0 Å². The lowest BCUT2D eigenvalue weighted by atomic mass is 9.47. The Morgan fingerprint density at radius 3 is 2.65 bits per heavy atom. The van der Waals surface area contributed by atoms with Gasteiger partial charge in [-0.2, -0.15) is 12.7 Å². The van der Waals surface area contributed by atoms with Crippen molar-refractivity contribution >= 4 is 10.1 Å². The molecular formula is C21H33NO3S. The van der Waals surface area contributed by atoms with E-state index in [2.05, 4.69) is 38.4 Å². The predicted molar refractivity (Wildman–Crippen MR) is 103 cm³/mol. The van der Waals surface area contributed by atoms with Gasteiger partial charge in [-0.1, -0.05) is 32.4 Å². The molecule has 0 saturated heterocycles. The van der Waals surface area contributed by atoms with Crippen LogP contribution < -0.4 is 5.48 Å². The van der Waals surface area contributed by atoms with E-state index in [1.54, 1.807) is 0 Å². The summed E-state index contributed by atoms with van der Waals surface area (Å²) in [6.07, 6.45) is 14.3. The molecule has 0 bridgehead atoms. The molecule has 4 aliphatic rings. The third-order valence-corrected chi connectivity index (χ3v) is 8.98. The van der Waals surface area contributed by atoms with Crippen molar-refractivity contribution in [1.82, 2.24) is 5.48 Å². The Balaban J connectivity index is 1.55. The van der Waals surface area contributed by atoms with E-state index in [-0.39, 0.29) is 5.41 Å². The molecule has 0 aliphatic heterocycles. The highest BCUT2D eigenvalue weighted by Gasteiger charge is 2.57. The molecule has 5 heteroatoms. The first-order chi connectivity index (χ1) is 12.1. The van der Waals surface area contributed by atoms with Gasteiger partial charge in [0, 0.05) is 0 Å². The average Bonchev–Trinajstić information content (AvgIpc) is 2.87. The summed E-state index contributed by atoms with van der Waals surface area (Å²) in [5.74, 6) is 3.38. The van der Waals surface area contributed by atoms with Crippen LogP contribution in [0.4, 0.5) is 0 Å². The van der Waals surface area contributed by atoms with Crippen LogP contribution in [-0.2, 0) is 14.4 Å². The van der Waals surface area contributed by atoms with Crippen LogP contribution >= 0.6 is 0 Å². The summed E-state index contributed by atoms with van der Waals surface area (Å²) < 4.78 is 27.3. The highest BCUT2D eigenvalue weighted by molar-refractivity contribution is 7.85. The van der Waals surface area contributed by atoms with Gasteiger partial charge in [-0.15, -0.1) is 0 Å². The SMILES string of the molecule is CC1CC[C@H]2[C@@H]3CCC4=CC(NOS(C)(=O)=O)=CC[C@]4(C)[C@@H]3CC[C@]12C. The molecule has 0 aromatic rings. The summed E-state index contributed by atoms with van der Waals surface area (Å²) in [4.78, 5) is 0. The summed E-state index contributed by atoms with van der Waals surface area (Å²) in [5, 5.41) is 0. The molecule has 0 aromatic carbocycles. The predicted octanol–water partition coefficient (Wildman–Crippen LogP) is 4.56. The highest BCUT2D eigenvalue weighted by atomic mass is 32.2. The van der Waals surface area contributed by atoms with Crippen molar-refractivity contribution in [3.63, 3.8) is 0 Å². The number of allylic oxidation sites excluding steroid dienone is 3. The quantitative estimate of drug-likeness (QED) is 0.730. The minimum absolute atomic E-state index is 0.229. The molecule has 3 saturated carbocycles. The number of rotatable bonds is 3. The molecule has 0 amide bonds. The Hall–Kier alpha value is -0.810. The first-order valence-electron chi connectivity index (χ1n) is 10.2. The molecular weight excluding hydrogens is 346 g/mol. The number of hydrogen-bond acceptors (Lipinski definition) is 4. The van der Waals surface area contributed by atoms with Crippen LogP contribution in [0, 0.1) is 34.5 Å². The fourth-order valence-electron chi connectivity index (χ4n) is 6.87. The molecule has 0 spiro atoms. The number of hydroxylamine groups is 1. The lowest BCUT2D eigenvalue weighted by Crippen LogP contribution is -2.49. The zero-order valence-electron chi connectivity index (χ0n) is 16.5. The fraction of sp³-hybridized carbons (Fsp3) is 0.810. The molecule has 146 valence electrons. The average molecular weight is 380 g/mol. The third kappa shape index (κ3) is 2.86. The van der Waals surface area contributed by atoms with E-state index < -0.39 is 10.1 Å². The topological polar surface area (TPSA) is 55.4 Å². The molecule has 0 heterocycles. The van der Waals surface area contributed by atoms with Gasteiger partial charge >= 0.3 is 0 Å². The summed E-state index contributed by atoms with van der Waals surface area (Å²) >= 11 is 0. The molecule has 1 unspecified atom stereocenters. The minimum atomic E-state index is -3.49. The lowest BCUT2D eigenvalue weighted by Gasteiger charge is -2.57. The largest absolute Gasteiger partial charge is 0.284 e. The monoisotopic (exact) mass is 379 g/mol. The smallest absolute Gasteiger partial charge is 0.250 e. The normalized spacial score (nSPS) is 45.1. The van der Waals surface area contributed by atoms with Crippen molar-refractivity contribution < 1.29 is 12.7 Å². The van der Waals surface area contributed by atoms with Gasteiger partial charge in [-0.3, -0.25) is 0 Å². The summed E-state index contributed by atoms with van der Waals surface area (Å²) in [6.45, 7) is 7.48. The first kappa shape index (κ1) is 18.5. The maximum atomic E-state index is 11.2. The summed E-state index contributed by atoms with van der Waals surface area (Å²) in [5.41, 5.74) is 5.68. The van der Waals surface area contributed by atoms with Gasteiger partial charge in [0.2, 0.25) is 0 Å².